The van der Waals surface area contributed by atoms with Gasteiger partial charge in [-0.3, -0.25) is 4.79 Å². The fourth-order valence-electron chi connectivity index (χ4n) is 2.56. The van der Waals surface area contributed by atoms with Gasteiger partial charge in [0.1, 0.15) is 5.82 Å². The second kappa shape index (κ2) is 6.70. The highest BCUT2D eigenvalue weighted by Crippen LogP contribution is 2.19. The number of amides is 1. The van der Waals surface area contributed by atoms with Gasteiger partial charge in [-0.25, -0.2) is 4.98 Å². The number of carbonyl (C=O) groups is 1. The van der Waals surface area contributed by atoms with Crippen molar-refractivity contribution in [2.75, 3.05) is 12.4 Å². The number of hydrogen-bond donors (Lipinski definition) is 3. The van der Waals surface area contributed by atoms with Crippen LogP contribution in [0, 0.1) is 0 Å². The molecule has 1 aromatic heterocycles. The van der Waals surface area contributed by atoms with Crippen LogP contribution in [0.25, 0.3) is 0 Å². The molecule has 3 N–H and O–H groups in total. The Balaban J connectivity index is 2.11. The van der Waals surface area contributed by atoms with Crippen molar-refractivity contribution in [3.8, 4) is 0 Å². The Morgan fingerprint density at radius 2 is 2.15 bits per heavy atom. The quantitative estimate of drug-likeness (QED) is 0.783. The van der Waals surface area contributed by atoms with Crippen LogP contribution in [0.1, 0.15) is 48.7 Å². The van der Waals surface area contributed by atoms with Crippen molar-refractivity contribution in [2.45, 2.75) is 51.2 Å². The number of carbonyl (C=O) groups excluding carboxylic acids is 1. The van der Waals surface area contributed by atoms with E-state index in [-0.39, 0.29) is 11.9 Å². The predicted octanol–water partition coefficient (Wildman–Crippen LogP) is 1.72. The number of aliphatic hydroxyl groups excluding tert-OH is 1. The predicted molar refractivity (Wildman–Crippen MR) is 78.9 cm³/mol. The first-order valence-corrected chi connectivity index (χ1v) is 7.31. The van der Waals surface area contributed by atoms with Gasteiger partial charge in [0.15, 0.2) is 0 Å². The van der Waals surface area contributed by atoms with Crippen LogP contribution in [0.3, 0.4) is 0 Å². The summed E-state index contributed by atoms with van der Waals surface area (Å²) in [5.74, 6) is 0.559. The normalized spacial score (nSPS) is 22.4. The van der Waals surface area contributed by atoms with Crippen molar-refractivity contribution in [1.82, 2.24) is 10.3 Å². The Morgan fingerprint density at radius 1 is 1.40 bits per heavy atom. The Kier molecular flexibility index (Phi) is 4.95. The van der Waals surface area contributed by atoms with E-state index in [4.69, 9.17) is 0 Å². The highest BCUT2D eigenvalue weighted by atomic mass is 16.3. The highest BCUT2D eigenvalue weighted by Gasteiger charge is 2.25. The molecule has 0 aliphatic heterocycles. The topological polar surface area (TPSA) is 74.2 Å². The molecule has 1 aliphatic rings. The highest BCUT2D eigenvalue weighted by molar-refractivity contribution is 5.95. The van der Waals surface area contributed by atoms with Crippen molar-refractivity contribution in [3.63, 3.8) is 0 Å². The van der Waals surface area contributed by atoms with Crippen LogP contribution in [0.4, 0.5) is 5.82 Å². The number of aromatic nitrogens is 1. The molecule has 1 fully saturated rings. The summed E-state index contributed by atoms with van der Waals surface area (Å²) < 4.78 is 0. The molecule has 20 heavy (non-hydrogen) atoms. The number of pyridine rings is 1. The maximum Gasteiger partial charge on any atom is 0.251 e. The SMILES string of the molecule is CCc1cc(C(=O)NC2CCCCC2O)cc(NC)n1. The van der Waals surface area contributed by atoms with E-state index < -0.39 is 6.10 Å². The van der Waals surface area contributed by atoms with Crippen LogP contribution < -0.4 is 10.6 Å². The van der Waals surface area contributed by atoms with Gasteiger partial charge in [0, 0.05) is 18.3 Å². The van der Waals surface area contributed by atoms with Crippen LogP contribution in [0.15, 0.2) is 12.1 Å². The zero-order valence-electron chi connectivity index (χ0n) is 12.1. The molecule has 2 unspecified atom stereocenters. The lowest BCUT2D eigenvalue weighted by molar-refractivity contribution is 0.0717. The molecule has 1 heterocycles. The van der Waals surface area contributed by atoms with E-state index >= 15 is 0 Å². The molecule has 5 nitrogen and oxygen atoms in total. The smallest absolute Gasteiger partial charge is 0.251 e. The van der Waals surface area contributed by atoms with E-state index in [0.717, 1.165) is 37.8 Å². The molecular weight excluding hydrogens is 254 g/mol. The maximum atomic E-state index is 12.3. The first-order valence-electron chi connectivity index (χ1n) is 7.31. The molecule has 0 spiro atoms. The molecule has 1 amide bonds. The first kappa shape index (κ1) is 14.8. The average Bonchev–Trinajstić information content (AvgIpc) is 2.48. The Morgan fingerprint density at radius 3 is 2.80 bits per heavy atom. The zero-order chi connectivity index (χ0) is 14.5. The Bertz CT molecular complexity index is 454. The van der Waals surface area contributed by atoms with Crippen LogP contribution in [-0.4, -0.2) is 35.2 Å². The second-order valence-electron chi connectivity index (χ2n) is 5.27. The van der Waals surface area contributed by atoms with Crippen LogP contribution in [-0.2, 0) is 6.42 Å². The Labute approximate surface area is 119 Å². The molecule has 2 atom stereocenters. The second-order valence-corrected chi connectivity index (χ2v) is 5.27. The van der Waals surface area contributed by atoms with Gasteiger partial charge in [0.25, 0.3) is 5.91 Å². The molecule has 1 aliphatic carbocycles. The van der Waals surface area contributed by atoms with E-state index in [0.29, 0.717) is 11.4 Å². The standard InChI is InChI=1S/C15H23N3O2/c1-3-11-8-10(9-14(16-2)17-11)15(20)18-12-6-4-5-7-13(12)19/h8-9,12-13,19H,3-7H2,1-2H3,(H,16,17)(H,18,20). The molecular formula is C15H23N3O2. The van der Waals surface area contributed by atoms with Crippen molar-refractivity contribution in [2.24, 2.45) is 0 Å². The summed E-state index contributed by atoms with van der Waals surface area (Å²) in [6.07, 6.45) is 4.05. The van der Waals surface area contributed by atoms with Crippen LogP contribution in [0.2, 0.25) is 0 Å². The van der Waals surface area contributed by atoms with Crippen molar-refractivity contribution in [1.29, 1.82) is 0 Å². The van der Waals surface area contributed by atoms with Gasteiger partial charge in [-0.2, -0.15) is 0 Å². The van der Waals surface area contributed by atoms with Crippen molar-refractivity contribution >= 4 is 11.7 Å². The largest absolute Gasteiger partial charge is 0.391 e. The average molecular weight is 277 g/mol. The lowest BCUT2D eigenvalue weighted by atomic mass is 9.92. The summed E-state index contributed by atoms with van der Waals surface area (Å²) in [6, 6.07) is 3.42. The number of nitrogens with one attached hydrogen (secondary N) is 2. The molecule has 110 valence electrons. The third-order valence-corrected chi connectivity index (χ3v) is 3.80. The van der Waals surface area contributed by atoms with E-state index in [9.17, 15) is 9.90 Å². The minimum Gasteiger partial charge on any atom is -0.391 e. The van der Waals surface area contributed by atoms with Crippen LogP contribution >= 0.6 is 0 Å². The number of rotatable bonds is 4. The Hall–Kier alpha value is -1.62. The van der Waals surface area contributed by atoms with Gasteiger partial charge in [0.2, 0.25) is 0 Å². The maximum absolute atomic E-state index is 12.3. The number of anilines is 1. The molecule has 0 radical (unpaired) electrons. The fraction of sp³-hybridized carbons (Fsp3) is 0.600. The van der Waals surface area contributed by atoms with E-state index in [1.165, 1.54) is 0 Å². The van der Waals surface area contributed by atoms with Crippen molar-refractivity contribution in [3.05, 3.63) is 23.4 Å². The molecule has 1 saturated carbocycles. The minimum absolute atomic E-state index is 0.132. The molecule has 0 bridgehead atoms. The zero-order valence-corrected chi connectivity index (χ0v) is 12.1. The fourth-order valence-corrected chi connectivity index (χ4v) is 2.56. The summed E-state index contributed by atoms with van der Waals surface area (Å²) in [5, 5.41) is 15.8. The number of nitrogens with zero attached hydrogens (tertiary/aromatic N) is 1. The van der Waals surface area contributed by atoms with E-state index in [1.54, 1.807) is 13.1 Å². The minimum atomic E-state index is -0.427. The summed E-state index contributed by atoms with van der Waals surface area (Å²) in [6.45, 7) is 2.01. The van der Waals surface area contributed by atoms with Gasteiger partial charge < -0.3 is 15.7 Å². The lowest BCUT2D eigenvalue weighted by Gasteiger charge is -2.28. The number of aliphatic hydroxyl groups is 1. The molecule has 5 heteroatoms. The van der Waals surface area contributed by atoms with Crippen molar-refractivity contribution < 1.29 is 9.90 Å². The van der Waals surface area contributed by atoms with Gasteiger partial charge >= 0.3 is 0 Å². The van der Waals surface area contributed by atoms with Crippen LogP contribution in [0.5, 0.6) is 0 Å². The van der Waals surface area contributed by atoms with Gasteiger partial charge in [-0.05, 0) is 31.4 Å². The summed E-state index contributed by atoms with van der Waals surface area (Å²) >= 11 is 0. The molecule has 0 aromatic carbocycles. The first-order chi connectivity index (χ1) is 9.63. The summed E-state index contributed by atoms with van der Waals surface area (Å²) in [5.41, 5.74) is 1.48. The van der Waals surface area contributed by atoms with Gasteiger partial charge in [-0.1, -0.05) is 19.8 Å². The molecule has 0 saturated heterocycles. The summed E-state index contributed by atoms with van der Waals surface area (Å²) in [7, 11) is 1.79. The molecule has 1 aromatic rings. The molecule has 2 rings (SSSR count). The van der Waals surface area contributed by atoms with Gasteiger partial charge in [-0.15, -0.1) is 0 Å². The monoisotopic (exact) mass is 277 g/mol. The lowest BCUT2D eigenvalue weighted by Crippen LogP contribution is -2.45. The number of aryl methyl sites for hydroxylation is 1. The third-order valence-electron chi connectivity index (χ3n) is 3.80. The number of hydrogen-bond acceptors (Lipinski definition) is 4. The third kappa shape index (κ3) is 3.48. The summed E-state index contributed by atoms with van der Waals surface area (Å²) in [4.78, 5) is 16.7. The van der Waals surface area contributed by atoms with Gasteiger partial charge in [0.05, 0.1) is 12.1 Å². The van der Waals surface area contributed by atoms with E-state index in [2.05, 4.69) is 15.6 Å². The van der Waals surface area contributed by atoms with E-state index in [1.807, 2.05) is 13.0 Å².